The van der Waals surface area contributed by atoms with Crippen LogP contribution in [0.4, 0.5) is 0 Å². The van der Waals surface area contributed by atoms with Gasteiger partial charge in [0.2, 0.25) is 0 Å². The fraction of sp³-hybridized carbons (Fsp3) is 0.435. The number of rotatable bonds is 11. The van der Waals surface area contributed by atoms with E-state index in [1.165, 1.54) is 0 Å². The number of carbonyl (C=O) groups is 1. The van der Waals surface area contributed by atoms with Crippen LogP contribution in [-0.2, 0) is 16.4 Å². The highest BCUT2D eigenvalue weighted by atomic mass is 32.2. The summed E-state index contributed by atoms with van der Waals surface area (Å²) in [4.78, 5) is 12.7. The molecule has 2 aromatic rings. The summed E-state index contributed by atoms with van der Waals surface area (Å²) < 4.78 is 40.4. The van der Waals surface area contributed by atoms with Crippen LogP contribution in [0.25, 0.3) is 0 Å². The van der Waals surface area contributed by atoms with E-state index >= 15 is 0 Å². The van der Waals surface area contributed by atoms with Crippen molar-refractivity contribution in [3.63, 3.8) is 0 Å². The maximum atomic E-state index is 12.1. The zero-order chi connectivity index (χ0) is 23.1. The van der Waals surface area contributed by atoms with Gasteiger partial charge in [0.25, 0.3) is 0 Å². The van der Waals surface area contributed by atoms with Gasteiger partial charge in [0, 0.05) is 24.7 Å². The van der Waals surface area contributed by atoms with Crippen LogP contribution in [0.2, 0.25) is 0 Å². The van der Waals surface area contributed by atoms with Crippen LogP contribution in [0.5, 0.6) is 17.2 Å². The van der Waals surface area contributed by atoms with E-state index in [1.807, 2.05) is 17.0 Å². The Morgan fingerprint density at radius 1 is 1.12 bits per heavy atom. The Kier molecular flexibility index (Phi) is 8.11. The van der Waals surface area contributed by atoms with Crippen LogP contribution in [0.15, 0.2) is 42.5 Å². The minimum absolute atomic E-state index is 0.0440. The number of aldehydes is 1. The molecular formula is C23H29NO7S. The molecule has 2 atom stereocenters. The smallest absolute Gasteiger partial charge is 0.161 e. The lowest BCUT2D eigenvalue weighted by Crippen LogP contribution is -2.42. The molecule has 1 saturated heterocycles. The normalized spacial score (nSPS) is 18.3. The number of sulfone groups is 1. The Labute approximate surface area is 188 Å². The molecule has 174 valence electrons. The molecule has 0 amide bonds. The van der Waals surface area contributed by atoms with E-state index in [-0.39, 0.29) is 30.7 Å². The van der Waals surface area contributed by atoms with Gasteiger partial charge < -0.3 is 19.3 Å². The van der Waals surface area contributed by atoms with Gasteiger partial charge in [-0.2, -0.15) is 0 Å². The number of hydrogen-bond acceptors (Lipinski definition) is 8. The molecule has 1 N–H and O–H groups in total. The second-order valence-corrected chi connectivity index (χ2v) is 10.1. The van der Waals surface area contributed by atoms with Gasteiger partial charge in [-0.25, -0.2) is 8.42 Å². The summed E-state index contributed by atoms with van der Waals surface area (Å²) >= 11 is 0. The van der Waals surface area contributed by atoms with Gasteiger partial charge >= 0.3 is 0 Å². The van der Waals surface area contributed by atoms with Gasteiger partial charge in [-0.1, -0.05) is 6.07 Å². The number of carbonyl (C=O) groups excluding carboxylic acids is 1. The van der Waals surface area contributed by atoms with E-state index in [4.69, 9.17) is 14.2 Å². The summed E-state index contributed by atoms with van der Waals surface area (Å²) in [6.45, 7) is 0.745. The summed E-state index contributed by atoms with van der Waals surface area (Å²) in [6, 6.07) is 12.0. The number of benzene rings is 2. The molecule has 0 aromatic heterocycles. The monoisotopic (exact) mass is 463 g/mol. The molecule has 32 heavy (non-hydrogen) atoms. The first-order valence-corrected chi connectivity index (χ1v) is 12.2. The molecule has 9 heteroatoms. The van der Waals surface area contributed by atoms with Crippen LogP contribution in [-0.4, -0.2) is 75.7 Å². The molecule has 0 saturated carbocycles. The Balaban J connectivity index is 1.69. The van der Waals surface area contributed by atoms with Crippen molar-refractivity contribution < 1.29 is 32.5 Å². The predicted molar refractivity (Wildman–Crippen MR) is 120 cm³/mol. The molecular weight excluding hydrogens is 434 g/mol. The first-order chi connectivity index (χ1) is 15.3. The third-order valence-corrected chi connectivity index (χ3v) is 7.21. The van der Waals surface area contributed by atoms with Crippen molar-refractivity contribution in [3.8, 4) is 17.2 Å². The van der Waals surface area contributed by atoms with Crippen molar-refractivity contribution in [3.05, 3.63) is 53.6 Å². The van der Waals surface area contributed by atoms with Gasteiger partial charge in [-0.15, -0.1) is 0 Å². The molecule has 0 aliphatic carbocycles. The molecule has 2 unspecified atom stereocenters. The summed E-state index contributed by atoms with van der Waals surface area (Å²) in [5.74, 6) is 1.97. The first-order valence-electron chi connectivity index (χ1n) is 10.3. The van der Waals surface area contributed by atoms with Crippen LogP contribution >= 0.6 is 0 Å². The molecule has 1 aliphatic rings. The van der Waals surface area contributed by atoms with E-state index in [9.17, 15) is 18.3 Å². The highest BCUT2D eigenvalue weighted by molar-refractivity contribution is 7.91. The molecule has 0 spiro atoms. The number of ether oxygens (including phenoxy) is 3. The maximum absolute atomic E-state index is 12.1. The third-order valence-electron chi connectivity index (χ3n) is 5.46. The quantitative estimate of drug-likeness (QED) is 0.505. The summed E-state index contributed by atoms with van der Waals surface area (Å²) in [5.41, 5.74) is 1.46. The Morgan fingerprint density at radius 3 is 2.44 bits per heavy atom. The lowest BCUT2D eigenvalue weighted by molar-refractivity contribution is 0.0524. The number of hydrogen-bond donors (Lipinski definition) is 1. The van der Waals surface area contributed by atoms with Crippen molar-refractivity contribution in [2.75, 3.05) is 38.9 Å². The Morgan fingerprint density at radius 2 is 1.84 bits per heavy atom. The van der Waals surface area contributed by atoms with Crippen molar-refractivity contribution in [1.82, 2.24) is 4.90 Å². The Hall–Kier alpha value is -2.62. The van der Waals surface area contributed by atoms with Gasteiger partial charge in [0.05, 0.1) is 25.7 Å². The number of methoxy groups -OCH3 is 2. The molecule has 2 aromatic carbocycles. The van der Waals surface area contributed by atoms with Crippen molar-refractivity contribution >= 4 is 16.1 Å². The molecule has 1 aliphatic heterocycles. The zero-order valence-electron chi connectivity index (χ0n) is 18.3. The van der Waals surface area contributed by atoms with Crippen LogP contribution in [0.1, 0.15) is 22.3 Å². The zero-order valence-corrected chi connectivity index (χ0v) is 19.1. The number of aliphatic hydroxyl groups excluding tert-OH is 1. The largest absolute Gasteiger partial charge is 0.493 e. The van der Waals surface area contributed by atoms with Gasteiger partial charge in [0.1, 0.15) is 24.7 Å². The van der Waals surface area contributed by atoms with Gasteiger partial charge in [-0.05, 0) is 48.4 Å². The SMILES string of the molecule is COc1ccc(CN(CC(O)COc2ccc(C=O)cc2)C2CCS(=O)(=O)C2)cc1OC. The average molecular weight is 464 g/mol. The second kappa shape index (κ2) is 10.8. The topological polar surface area (TPSA) is 102 Å². The lowest BCUT2D eigenvalue weighted by atomic mass is 10.1. The summed E-state index contributed by atoms with van der Waals surface area (Å²) in [5, 5.41) is 10.6. The van der Waals surface area contributed by atoms with E-state index in [0.29, 0.717) is 35.8 Å². The highest BCUT2D eigenvalue weighted by Crippen LogP contribution is 2.29. The maximum Gasteiger partial charge on any atom is 0.161 e. The van der Waals surface area contributed by atoms with Crippen molar-refractivity contribution in [1.29, 1.82) is 0 Å². The molecule has 0 radical (unpaired) electrons. The van der Waals surface area contributed by atoms with Gasteiger partial charge in [0.15, 0.2) is 21.3 Å². The van der Waals surface area contributed by atoms with E-state index in [1.54, 1.807) is 44.6 Å². The molecule has 1 fully saturated rings. The first kappa shape index (κ1) is 24.0. The lowest BCUT2D eigenvalue weighted by Gasteiger charge is -2.30. The minimum atomic E-state index is -3.08. The molecule has 3 rings (SSSR count). The third kappa shape index (κ3) is 6.44. The van der Waals surface area contributed by atoms with E-state index < -0.39 is 15.9 Å². The van der Waals surface area contributed by atoms with Gasteiger partial charge in [-0.3, -0.25) is 9.69 Å². The summed E-state index contributed by atoms with van der Waals surface area (Å²) in [7, 11) is 0.0450. The fourth-order valence-corrected chi connectivity index (χ4v) is 5.54. The van der Waals surface area contributed by atoms with Crippen LogP contribution in [0, 0.1) is 0 Å². The summed E-state index contributed by atoms with van der Waals surface area (Å²) in [6.07, 6.45) is 0.445. The molecule has 8 nitrogen and oxygen atoms in total. The molecule has 0 bridgehead atoms. The number of nitrogens with zero attached hydrogens (tertiary/aromatic N) is 1. The second-order valence-electron chi connectivity index (χ2n) is 7.83. The average Bonchev–Trinajstić information content (AvgIpc) is 3.17. The highest BCUT2D eigenvalue weighted by Gasteiger charge is 2.33. The Bertz CT molecular complexity index is 1010. The van der Waals surface area contributed by atoms with Crippen molar-refractivity contribution in [2.24, 2.45) is 0 Å². The fourth-order valence-electron chi connectivity index (χ4n) is 3.78. The van der Waals surface area contributed by atoms with E-state index in [2.05, 4.69) is 0 Å². The predicted octanol–water partition coefficient (Wildman–Crippen LogP) is 1.95. The minimum Gasteiger partial charge on any atom is -0.493 e. The van der Waals surface area contributed by atoms with E-state index in [0.717, 1.165) is 11.8 Å². The van der Waals surface area contributed by atoms with Crippen molar-refractivity contribution in [2.45, 2.75) is 25.1 Å². The molecule has 1 heterocycles. The number of aliphatic hydroxyl groups is 1. The van der Waals surface area contributed by atoms with Crippen LogP contribution in [0.3, 0.4) is 0 Å². The standard InChI is InChI=1S/C23H29NO7S/c1-29-22-8-5-18(11-23(22)30-2)12-24(19-9-10-32(27,28)16-19)13-20(26)15-31-21-6-3-17(14-25)4-7-21/h3-8,11,14,19-20,26H,9-10,12-13,15-16H2,1-2H3. The van der Waals surface area contributed by atoms with Crippen LogP contribution < -0.4 is 14.2 Å².